The summed E-state index contributed by atoms with van der Waals surface area (Å²) in [5.74, 6) is 0.597. The van der Waals surface area contributed by atoms with Gasteiger partial charge in [0.05, 0.1) is 9.82 Å². The zero-order valence-electron chi connectivity index (χ0n) is 18.4. The van der Waals surface area contributed by atoms with E-state index < -0.39 is 14.9 Å². The predicted molar refractivity (Wildman–Crippen MR) is 119 cm³/mol. The highest BCUT2D eigenvalue weighted by molar-refractivity contribution is 7.89. The molecule has 3 rings (SSSR count). The molecule has 0 radical (unpaired) electrons. The van der Waals surface area contributed by atoms with Crippen LogP contribution >= 0.6 is 0 Å². The van der Waals surface area contributed by atoms with E-state index in [9.17, 15) is 23.3 Å². The third kappa shape index (κ3) is 5.54. The normalized spacial score (nSPS) is 22.9. The molecule has 1 N–H and O–H groups in total. The van der Waals surface area contributed by atoms with Gasteiger partial charge in [0.25, 0.3) is 5.69 Å². The van der Waals surface area contributed by atoms with Crippen molar-refractivity contribution in [2.24, 2.45) is 5.92 Å². The first kappa shape index (κ1) is 23.5. The summed E-state index contributed by atoms with van der Waals surface area (Å²) in [5.41, 5.74) is 0.206. The number of anilines is 1. The maximum atomic E-state index is 12.8. The Morgan fingerprint density at radius 2 is 1.77 bits per heavy atom. The predicted octanol–water partition coefficient (Wildman–Crippen LogP) is 2.90. The van der Waals surface area contributed by atoms with Gasteiger partial charge in [-0.05, 0) is 56.6 Å². The fourth-order valence-corrected chi connectivity index (χ4v) is 5.83. The molecule has 1 aliphatic heterocycles. The number of hydrogen-bond donors (Lipinski definition) is 1. The Labute approximate surface area is 184 Å². The van der Waals surface area contributed by atoms with E-state index in [2.05, 4.69) is 11.6 Å². The molecule has 1 heterocycles. The van der Waals surface area contributed by atoms with E-state index in [0.29, 0.717) is 37.5 Å². The molecule has 2 fully saturated rings. The topological polar surface area (TPSA) is 113 Å². The first-order valence-electron chi connectivity index (χ1n) is 10.9. The summed E-state index contributed by atoms with van der Waals surface area (Å²) in [6.07, 6.45) is 4.92. The Balaban J connectivity index is 1.76. The van der Waals surface area contributed by atoms with Crippen molar-refractivity contribution < 1.29 is 18.1 Å². The maximum Gasteiger partial charge on any atom is 0.293 e. The van der Waals surface area contributed by atoms with E-state index in [1.165, 1.54) is 19.1 Å². The molecule has 1 aliphatic carbocycles. The lowest BCUT2D eigenvalue weighted by atomic mass is 9.88. The quantitative estimate of drug-likeness (QED) is 0.524. The van der Waals surface area contributed by atoms with Crippen molar-refractivity contribution >= 4 is 27.3 Å². The van der Waals surface area contributed by atoms with E-state index in [1.54, 1.807) is 11.9 Å². The van der Waals surface area contributed by atoms with Gasteiger partial charge in [-0.2, -0.15) is 0 Å². The molecule has 1 saturated carbocycles. The van der Waals surface area contributed by atoms with Crippen LogP contribution in [0.1, 0.15) is 52.4 Å². The standard InChI is InChI=1S/C21H32N4O5S/c1-15-4-6-17(7-5-15)22-31(29,30)19-8-9-20(21(14-19)25(27)28)24-12-10-18(11-13-24)23(3)16(2)26/h8-9,14-15,17-18,22H,4-7,10-13H2,1-3H3. The number of benzene rings is 1. The number of piperidine rings is 1. The molecule has 0 unspecified atom stereocenters. The summed E-state index contributed by atoms with van der Waals surface area (Å²) in [4.78, 5) is 26.3. The Morgan fingerprint density at radius 1 is 1.16 bits per heavy atom. The number of carbonyl (C=O) groups excluding carboxylic acids is 1. The molecule has 9 nitrogen and oxygen atoms in total. The summed E-state index contributed by atoms with van der Waals surface area (Å²) >= 11 is 0. The van der Waals surface area contributed by atoms with Gasteiger partial charge in [0.15, 0.2) is 0 Å². The van der Waals surface area contributed by atoms with Crippen molar-refractivity contribution in [2.45, 2.75) is 69.4 Å². The summed E-state index contributed by atoms with van der Waals surface area (Å²) in [6.45, 7) is 4.81. The van der Waals surface area contributed by atoms with Gasteiger partial charge in [0, 0.05) is 45.2 Å². The molecule has 0 atom stereocenters. The van der Waals surface area contributed by atoms with E-state index in [0.717, 1.165) is 31.7 Å². The van der Waals surface area contributed by atoms with Gasteiger partial charge >= 0.3 is 0 Å². The lowest BCUT2D eigenvalue weighted by Crippen LogP contribution is -2.45. The molecule has 31 heavy (non-hydrogen) atoms. The average Bonchev–Trinajstić information content (AvgIpc) is 2.74. The minimum atomic E-state index is -3.83. The van der Waals surface area contributed by atoms with Crippen molar-refractivity contribution in [2.75, 3.05) is 25.0 Å². The second-order valence-electron chi connectivity index (χ2n) is 8.83. The van der Waals surface area contributed by atoms with Crippen LogP contribution in [0.5, 0.6) is 0 Å². The Morgan fingerprint density at radius 3 is 2.32 bits per heavy atom. The second kappa shape index (κ2) is 9.52. The number of nitrogens with one attached hydrogen (secondary N) is 1. The van der Waals surface area contributed by atoms with Crippen molar-refractivity contribution in [3.63, 3.8) is 0 Å². The van der Waals surface area contributed by atoms with Gasteiger partial charge in [0.2, 0.25) is 15.9 Å². The van der Waals surface area contributed by atoms with Gasteiger partial charge in [-0.3, -0.25) is 14.9 Å². The molecular formula is C21H32N4O5S. The van der Waals surface area contributed by atoms with Crippen LogP contribution < -0.4 is 9.62 Å². The lowest BCUT2D eigenvalue weighted by molar-refractivity contribution is -0.384. The number of nitrogens with zero attached hydrogens (tertiary/aromatic N) is 3. The monoisotopic (exact) mass is 452 g/mol. The van der Waals surface area contributed by atoms with Gasteiger partial charge in [-0.15, -0.1) is 0 Å². The first-order valence-corrected chi connectivity index (χ1v) is 12.4. The number of hydrogen-bond acceptors (Lipinski definition) is 6. The fraction of sp³-hybridized carbons (Fsp3) is 0.667. The molecule has 0 bridgehead atoms. The SMILES string of the molecule is CC(=O)N(C)C1CCN(c2ccc(S(=O)(=O)NC3CCC(C)CC3)cc2[N+](=O)[O-])CC1. The summed E-state index contributed by atoms with van der Waals surface area (Å²) in [7, 11) is -2.06. The van der Waals surface area contributed by atoms with Gasteiger partial charge in [0.1, 0.15) is 5.69 Å². The van der Waals surface area contributed by atoms with E-state index in [1.807, 2.05) is 4.90 Å². The molecule has 1 saturated heterocycles. The number of nitro groups is 1. The van der Waals surface area contributed by atoms with Crippen molar-refractivity contribution in [3.05, 3.63) is 28.3 Å². The van der Waals surface area contributed by atoms with Crippen LogP contribution in [0.3, 0.4) is 0 Å². The highest BCUT2D eigenvalue weighted by Crippen LogP contribution is 2.33. The fourth-order valence-electron chi connectivity index (χ4n) is 4.50. The van der Waals surface area contributed by atoms with Crippen LogP contribution in [0.4, 0.5) is 11.4 Å². The van der Waals surface area contributed by atoms with E-state index >= 15 is 0 Å². The third-order valence-corrected chi connectivity index (χ3v) is 8.16. The molecular weight excluding hydrogens is 420 g/mol. The van der Waals surface area contributed by atoms with Gasteiger partial charge in [-0.1, -0.05) is 6.92 Å². The van der Waals surface area contributed by atoms with Crippen LogP contribution in [0, 0.1) is 16.0 Å². The van der Waals surface area contributed by atoms with Gasteiger partial charge < -0.3 is 9.80 Å². The third-order valence-electron chi connectivity index (χ3n) is 6.64. The van der Waals surface area contributed by atoms with Crippen LogP contribution in [0.2, 0.25) is 0 Å². The summed E-state index contributed by atoms with van der Waals surface area (Å²) in [5, 5.41) is 11.7. The van der Waals surface area contributed by atoms with Crippen molar-refractivity contribution in [3.8, 4) is 0 Å². The maximum absolute atomic E-state index is 12.8. The van der Waals surface area contributed by atoms with E-state index in [4.69, 9.17) is 0 Å². The summed E-state index contributed by atoms with van der Waals surface area (Å²) < 4.78 is 28.4. The number of amides is 1. The van der Waals surface area contributed by atoms with E-state index in [-0.39, 0.29) is 28.6 Å². The van der Waals surface area contributed by atoms with Crippen LogP contribution in [-0.4, -0.2) is 56.4 Å². The smallest absolute Gasteiger partial charge is 0.293 e. The van der Waals surface area contributed by atoms with Crippen LogP contribution in [0.25, 0.3) is 0 Å². The summed E-state index contributed by atoms with van der Waals surface area (Å²) in [6, 6.07) is 4.12. The molecule has 0 aromatic heterocycles. The number of rotatable bonds is 6. The van der Waals surface area contributed by atoms with Crippen molar-refractivity contribution in [1.82, 2.24) is 9.62 Å². The van der Waals surface area contributed by atoms with Crippen molar-refractivity contribution in [1.29, 1.82) is 0 Å². The largest absolute Gasteiger partial charge is 0.366 e. The molecule has 1 amide bonds. The minimum absolute atomic E-state index is 0.00101. The molecule has 10 heteroatoms. The molecule has 0 spiro atoms. The molecule has 1 aromatic rings. The highest BCUT2D eigenvalue weighted by Gasteiger charge is 2.30. The van der Waals surface area contributed by atoms with Crippen LogP contribution in [0.15, 0.2) is 23.1 Å². The molecule has 1 aromatic carbocycles. The Bertz CT molecular complexity index is 920. The average molecular weight is 453 g/mol. The zero-order valence-corrected chi connectivity index (χ0v) is 19.2. The molecule has 2 aliphatic rings. The zero-order chi connectivity index (χ0) is 22.8. The van der Waals surface area contributed by atoms with Gasteiger partial charge in [-0.25, -0.2) is 13.1 Å². The first-order chi connectivity index (χ1) is 14.6. The Hall–Kier alpha value is -2.20. The minimum Gasteiger partial charge on any atom is -0.366 e. The molecule has 172 valence electrons. The number of carbonyl (C=O) groups is 1. The Kier molecular flexibility index (Phi) is 7.20. The number of nitro benzene ring substituents is 1. The second-order valence-corrected chi connectivity index (χ2v) is 10.5. The highest BCUT2D eigenvalue weighted by atomic mass is 32.2. The number of sulfonamides is 1. The van der Waals surface area contributed by atoms with Crippen LogP contribution in [-0.2, 0) is 14.8 Å². The lowest BCUT2D eigenvalue weighted by Gasteiger charge is -2.37.